The highest BCUT2D eigenvalue weighted by Crippen LogP contribution is 2.20. The summed E-state index contributed by atoms with van der Waals surface area (Å²) in [5.74, 6) is -0.564. The quantitative estimate of drug-likeness (QED) is 0.540. The Labute approximate surface area is 153 Å². The number of hydrogen-bond donors (Lipinski definition) is 2. The van der Waals surface area contributed by atoms with Gasteiger partial charge in [0.15, 0.2) is 5.78 Å². The minimum Gasteiger partial charge on any atom is -0.453 e. The average Bonchev–Trinajstić information content (AvgIpc) is 2.87. The molecule has 0 unspecified atom stereocenters. The highest BCUT2D eigenvalue weighted by atomic mass is 35.5. The number of benzene rings is 1. The van der Waals surface area contributed by atoms with Crippen LogP contribution in [0.4, 0.5) is 0 Å². The van der Waals surface area contributed by atoms with Crippen molar-refractivity contribution in [2.24, 2.45) is 0 Å². The monoisotopic (exact) mass is 373 g/mol. The second-order valence-corrected chi connectivity index (χ2v) is 6.37. The molecular formula is C18H16ClN3O4. The van der Waals surface area contributed by atoms with Gasteiger partial charge in [-0.2, -0.15) is 0 Å². The lowest BCUT2D eigenvalue weighted by Crippen LogP contribution is -2.15. The number of carbonyl (C=O) groups is 2. The molecule has 0 atom stereocenters. The predicted molar refractivity (Wildman–Crippen MR) is 96.8 cm³/mol. The molecule has 2 N–H and O–H groups in total. The van der Waals surface area contributed by atoms with Gasteiger partial charge in [-0.15, -0.1) is 0 Å². The van der Waals surface area contributed by atoms with Crippen molar-refractivity contribution in [2.45, 2.75) is 27.4 Å². The number of esters is 1. The lowest BCUT2D eigenvalue weighted by Gasteiger charge is -2.06. The minimum absolute atomic E-state index is 0.132. The molecule has 7 nitrogen and oxygen atoms in total. The van der Waals surface area contributed by atoms with Gasteiger partial charge in [-0.25, -0.2) is 9.78 Å². The van der Waals surface area contributed by atoms with Gasteiger partial charge in [0.2, 0.25) is 0 Å². The molecule has 0 saturated carbocycles. The number of aryl methyl sites for hydroxylation is 1. The molecule has 0 radical (unpaired) electrons. The first kappa shape index (κ1) is 17.9. The van der Waals surface area contributed by atoms with Crippen LogP contribution in [0.25, 0.3) is 10.9 Å². The van der Waals surface area contributed by atoms with Gasteiger partial charge in [-0.3, -0.25) is 9.59 Å². The third-order valence-corrected chi connectivity index (χ3v) is 4.29. The fourth-order valence-electron chi connectivity index (χ4n) is 2.92. The van der Waals surface area contributed by atoms with Crippen molar-refractivity contribution >= 4 is 34.3 Å². The summed E-state index contributed by atoms with van der Waals surface area (Å²) in [4.78, 5) is 45.8. The van der Waals surface area contributed by atoms with Crippen molar-refractivity contribution in [2.75, 3.05) is 0 Å². The Hall–Kier alpha value is -2.93. The fourth-order valence-corrected chi connectivity index (χ4v) is 3.08. The third kappa shape index (κ3) is 3.25. The van der Waals surface area contributed by atoms with E-state index in [-0.39, 0.29) is 29.5 Å². The van der Waals surface area contributed by atoms with E-state index in [1.807, 2.05) is 0 Å². The number of H-pyrrole nitrogens is 2. The van der Waals surface area contributed by atoms with Gasteiger partial charge in [-0.05, 0) is 44.5 Å². The van der Waals surface area contributed by atoms with Crippen molar-refractivity contribution in [1.82, 2.24) is 15.0 Å². The van der Waals surface area contributed by atoms with Crippen molar-refractivity contribution in [3.05, 3.63) is 61.9 Å². The first-order valence-electron chi connectivity index (χ1n) is 7.83. The van der Waals surface area contributed by atoms with E-state index in [0.717, 1.165) is 0 Å². The number of nitrogens with one attached hydrogen (secondary N) is 2. The molecule has 0 aliphatic rings. The normalized spacial score (nSPS) is 10.9. The van der Waals surface area contributed by atoms with Crippen LogP contribution in [0.2, 0.25) is 5.02 Å². The number of hydrogen-bond acceptors (Lipinski definition) is 5. The molecule has 26 heavy (non-hydrogen) atoms. The van der Waals surface area contributed by atoms with Crippen LogP contribution in [0.15, 0.2) is 23.0 Å². The van der Waals surface area contributed by atoms with E-state index < -0.39 is 5.97 Å². The summed E-state index contributed by atoms with van der Waals surface area (Å²) in [6.07, 6.45) is 0. The van der Waals surface area contributed by atoms with E-state index in [1.54, 1.807) is 32.0 Å². The van der Waals surface area contributed by atoms with E-state index >= 15 is 0 Å². The zero-order chi connectivity index (χ0) is 19.0. The van der Waals surface area contributed by atoms with Crippen molar-refractivity contribution < 1.29 is 14.3 Å². The van der Waals surface area contributed by atoms with Crippen LogP contribution in [0.1, 0.15) is 44.9 Å². The Morgan fingerprint density at radius 1 is 1.23 bits per heavy atom. The van der Waals surface area contributed by atoms with E-state index in [9.17, 15) is 14.4 Å². The summed E-state index contributed by atoms with van der Waals surface area (Å²) >= 11 is 5.92. The SMILES string of the molecule is CC(=O)c1c(C)[nH]c(C(=O)OCc2nc3cc(Cl)ccc3c(=O)[nH]2)c1C. The smallest absolute Gasteiger partial charge is 0.355 e. The second kappa shape index (κ2) is 6.76. The lowest BCUT2D eigenvalue weighted by molar-refractivity contribution is 0.0455. The van der Waals surface area contributed by atoms with Gasteiger partial charge < -0.3 is 14.7 Å². The topological polar surface area (TPSA) is 105 Å². The number of ketones is 1. The summed E-state index contributed by atoms with van der Waals surface area (Å²) in [7, 11) is 0. The van der Waals surface area contributed by atoms with Gasteiger partial charge in [0.1, 0.15) is 18.1 Å². The second-order valence-electron chi connectivity index (χ2n) is 5.93. The standard InChI is InChI=1S/C18H16ClN3O4/c1-8-15(10(3)23)9(2)20-16(8)18(25)26-7-14-21-13-6-11(19)4-5-12(13)17(24)22-14/h4-6,20H,7H2,1-3H3,(H,21,22,24). The molecule has 0 spiro atoms. The number of rotatable bonds is 4. The molecule has 134 valence electrons. The third-order valence-electron chi connectivity index (χ3n) is 4.05. The Bertz CT molecular complexity index is 1100. The van der Waals surface area contributed by atoms with Gasteiger partial charge in [0.05, 0.1) is 10.9 Å². The van der Waals surface area contributed by atoms with Gasteiger partial charge >= 0.3 is 5.97 Å². The van der Waals surface area contributed by atoms with Crippen LogP contribution in [-0.4, -0.2) is 26.7 Å². The lowest BCUT2D eigenvalue weighted by atomic mass is 10.1. The number of ether oxygens (including phenoxy) is 1. The van der Waals surface area contributed by atoms with Crippen LogP contribution in [0.5, 0.6) is 0 Å². The molecule has 1 aromatic carbocycles. The highest BCUT2D eigenvalue weighted by molar-refractivity contribution is 6.31. The number of aromatic amines is 2. The predicted octanol–water partition coefficient (Wildman–Crippen LogP) is 3.08. The van der Waals surface area contributed by atoms with Crippen LogP contribution < -0.4 is 5.56 Å². The van der Waals surface area contributed by atoms with E-state index in [2.05, 4.69) is 15.0 Å². The number of nitrogens with zero attached hydrogens (tertiary/aromatic N) is 1. The first-order valence-corrected chi connectivity index (χ1v) is 8.21. The van der Waals surface area contributed by atoms with Crippen LogP contribution >= 0.6 is 11.6 Å². The first-order chi connectivity index (χ1) is 12.3. The van der Waals surface area contributed by atoms with Gasteiger partial charge in [-0.1, -0.05) is 11.6 Å². The number of aromatic nitrogens is 3. The summed E-state index contributed by atoms with van der Waals surface area (Å²) in [5.41, 5.74) is 1.89. The maximum atomic E-state index is 12.3. The number of fused-ring (bicyclic) bond motifs is 1. The maximum absolute atomic E-state index is 12.3. The molecule has 0 amide bonds. The molecule has 0 aliphatic heterocycles. The van der Waals surface area contributed by atoms with Crippen LogP contribution in [0, 0.1) is 13.8 Å². The number of carbonyl (C=O) groups excluding carboxylic acids is 2. The Morgan fingerprint density at radius 2 is 1.96 bits per heavy atom. The van der Waals surface area contributed by atoms with Crippen molar-refractivity contribution in [3.8, 4) is 0 Å². The largest absolute Gasteiger partial charge is 0.453 e. The molecule has 2 heterocycles. The summed E-state index contributed by atoms with van der Waals surface area (Å²) in [6, 6.07) is 4.74. The molecule has 3 aromatic rings. The Kier molecular flexibility index (Phi) is 4.65. The van der Waals surface area contributed by atoms with Crippen LogP contribution in [0.3, 0.4) is 0 Å². The van der Waals surface area contributed by atoms with E-state index in [4.69, 9.17) is 16.3 Å². The Balaban J connectivity index is 1.84. The molecule has 0 aliphatic carbocycles. The molecule has 2 aromatic heterocycles. The molecular weight excluding hydrogens is 358 g/mol. The van der Waals surface area contributed by atoms with E-state index in [0.29, 0.717) is 32.7 Å². The summed E-state index contributed by atoms with van der Waals surface area (Å²) in [5, 5.41) is 0.846. The van der Waals surface area contributed by atoms with E-state index in [1.165, 1.54) is 6.92 Å². The van der Waals surface area contributed by atoms with Crippen molar-refractivity contribution in [3.63, 3.8) is 0 Å². The Morgan fingerprint density at radius 3 is 2.62 bits per heavy atom. The molecule has 3 rings (SSSR count). The molecule has 8 heteroatoms. The summed E-state index contributed by atoms with van der Waals surface area (Å²) in [6.45, 7) is 4.61. The molecule has 0 bridgehead atoms. The molecule has 0 fully saturated rings. The van der Waals surface area contributed by atoms with Gasteiger partial charge in [0.25, 0.3) is 5.56 Å². The highest BCUT2D eigenvalue weighted by Gasteiger charge is 2.21. The average molecular weight is 374 g/mol. The fraction of sp³-hybridized carbons (Fsp3) is 0.222. The van der Waals surface area contributed by atoms with Gasteiger partial charge in [0, 0.05) is 16.3 Å². The summed E-state index contributed by atoms with van der Waals surface area (Å²) < 4.78 is 5.23. The maximum Gasteiger partial charge on any atom is 0.355 e. The van der Waals surface area contributed by atoms with Crippen molar-refractivity contribution in [1.29, 1.82) is 0 Å². The number of halogens is 1. The minimum atomic E-state index is -0.632. The number of Topliss-reactive ketones (excluding diaryl/α,β-unsaturated/α-hetero) is 1. The van der Waals surface area contributed by atoms with Crippen LogP contribution in [-0.2, 0) is 11.3 Å². The zero-order valence-corrected chi connectivity index (χ0v) is 15.2. The zero-order valence-electron chi connectivity index (χ0n) is 14.4. The molecule has 0 saturated heterocycles.